The number of H-pyrrole nitrogens is 1. The zero-order valence-electron chi connectivity index (χ0n) is 23.2. The molecule has 6 rings (SSSR count). The molecule has 4 aromatic carbocycles. The number of benzene rings is 4. The minimum absolute atomic E-state index is 0.192. The van der Waals surface area contributed by atoms with Gasteiger partial charge in [0, 0.05) is 17.2 Å². The van der Waals surface area contributed by atoms with Crippen LogP contribution >= 0.6 is 0 Å². The van der Waals surface area contributed by atoms with Crippen LogP contribution < -0.4 is 10.9 Å². The number of esters is 1. The number of hydrogen-bond acceptors (Lipinski definition) is 6. The van der Waals surface area contributed by atoms with E-state index in [4.69, 9.17) is 14.7 Å². The zero-order chi connectivity index (χ0) is 29.8. The number of carbonyl (C=O) groups is 2. The Bertz CT molecular complexity index is 1970. The van der Waals surface area contributed by atoms with Gasteiger partial charge in [-0.2, -0.15) is 0 Å². The average molecular weight is 570 g/mol. The highest BCUT2D eigenvalue weighted by molar-refractivity contribution is 5.99. The number of ether oxygens (including phenoxy) is 1. The highest BCUT2D eigenvalue weighted by Crippen LogP contribution is 2.31. The Morgan fingerprint density at radius 3 is 1.98 bits per heavy atom. The van der Waals surface area contributed by atoms with Crippen molar-refractivity contribution < 1.29 is 14.3 Å². The minimum atomic E-state index is -1.09. The van der Waals surface area contributed by atoms with Crippen LogP contribution in [0.2, 0.25) is 0 Å². The Balaban J connectivity index is 1.24. The van der Waals surface area contributed by atoms with Gasteiger partial charge in [-0.3, -0.25) is 14.7 Å². The van der Waals surface area contributed by atoms with Crippen molar-refractivity contribution in [1.29, 1.82) is 0 Å². The van der Waals surface area contributed by atoms with Crippen LogP contribution in [0.4, 0.5) is 5.82 Å². The predicted molar refractivity (Wildman–Crippen MR) is 165 cm³/mol. The second kappa shape index (κ2) is 12.0. The molecule has 212 valence electrons. The topological polar surface area (TPSA) is 119 Å². The number of rotatable bonds is 8. The van der Waals surface area contributed by atoms with Crippen molar-refractivity contribution in [3.8, 4) is 28.2 Å². The van der Waals surface area contributed by atoms with E-state index in [0.717, 1.165) is 16.8 Å². The Hall–Kier alpha value is -5.83. The van der Waals surface area contributed by atoms with E-state index in [1.54, 1.807) is 49.4 Å². The molecule has 0 saturated carbocycles. The van der Waals surface area contributed by atoms with E-state index in [0.29, 0.717) is 22.4 Å². The quantitative estimate of drug-likeness (QED) is 0.217. The molecule has 9 nitrogen and oxygen atoms in total. The van der Waals surface area contributed by atoms with Gasteiger partial charge in [0.15, 0.2) is 6.10 Å². The second-order valence-corrected chi connectivity index (χ2v) is 9.83. The van der Waals surface area contributed by atoms with Gasteiger partial charge in [-0.05, 0) is 36.8 Å². The zero-order valence-corrected chi connectivity index (χ0v) is 23.2. The van der Waals surface area contributed by atoms with E-state index >= 15 is 0 Å². The van der Waals surface area contributed by atoms with Crippen molar-refractivity contribution in [3.05, 3.63) is 131 Å². The third kappa shape index (κ3) is 5.82. The molecule has 6 aromatic rings. The van der Waals surface area contributed by atoms with Crippen molar-refractivity contribution in [2.24, 2.45) is 0 Å². The van der Waals surface area contributed by atoms with Crippen LogP contribution in [0.1, 0.15) is 23.7 Å². The van der Waals surface area contributed by atoms with Crippen LogP contribution in [-0.4, -0.2) is 37.7 Å². The van der Waals surface area contributed by atoms with Gasteiger partial charge in [-0.15, -0.1) is 0 Å². The fraction of sp³-hybridized carbons (Fsp3) is 0.0882. The number of nitrogens with one attached hydrogen (secondary N) is 2. The van der Waals surface area contributed by atoms with Gasteiger partial charge in [-0.1, -0.05) is 85.8 Å². The summed E-state index contributed by atoms with van der Waals surface area (Å²) in [6.45, 7) is 1.73. The maximum Gasteiger partial charge on any atom is 0.338 e. The Morgan fingerprint density at radius 1 is 0.791 bits per heavy atom. The monoisotopic (exact) mass is 569 g/mol. The van der Waals surface area contributed by atoms with E-state index in [1.807, 2.05) is 66.7 Å². The van der Waals surface area contributed by atoms with E-state index in [9.17, 15) is 14.4 Å². The summed E-state index contributed by atoms with van der Waals surface area (Å²) in [6.07, 6.45) is -0.856. The molecule has 0 radical (unpaired) electrons. The van der Waals surface area contributed by atoms with Gasteiger partial charge in [-0.25, -0.2) is 19.4 Å². The second-order valence-electron chi connectivity index (χ2n) is 9.83. The molecule has 0 spiro atoms. The number of fused-ring (bicyclic) bond motifs is 1. The minimum Gasteiger partial charge on any atom is -0.449 e. The number of nitrogens with zero attached hydrogens (tertiary/aromatic N) is 3. The molecule has 2 aromatic heterocycles. The molecule has 0 aliphatic heterocycles. The number of anilines is 1. The first-order chi connectivity index (χ1) is 21.0. The Morgan fingerprint density at radius 2 is 1.37 bits per heavy atom. The highest BCUT2D eigenvalue weighted by Gasteiger charge is 2.24. The third-order valence-corrected chi connectivity index (χ3v) is 6.90. The Kier molecular flexibility index (Phi) is 7.60. The van der Waals surface area contributed by atoms with Crippen LogP contribution in [0.15, 0.2) is 120 Å². The highest BCUT2D eigenvalue weighted by atomic mass is 16.5. The summed E-state index contributed by atoms with van der Waals surface area (Å²) in [5.74, 6) is -1.04. The summed E-state index contributed by atoms with van der Waals surface area (Å²) in [5.41, 5.74) is 4.90. The third-order valence-electron chi connectivity index (χ3n) is 6.90. The van der Waals surface area contributed by atoms with E-state index in [1.165, 1.54) is 10.7 Å². The van der Waals surface area contributed by atoms with E-state index in [2.05, 4.69) is 10.4 Å². The molecule has 1 atom stereocenters. The first-order valence-electron chi connectivity index (χ1n) is 13.8. The number of para-hydroxylation sites is 1. The molecule has 43 heavy (non-hydrogen) atoms. The van der Waals surface area contributed by atoms with Crippen LogP contribution in [0.5, 0.6) is 0 Å². The van der Waals surface area contributed by atoms with Crippen molar-refractivity contribution in [1.82, 2.24) is 19.7 Å². The van der Waals surface area contributed by atoms with Crippen molar-refractivity contribution in [2.75, 3.05) is 5.32 Å². The summed E-state index contributed by atoms with van der Waals surface area (Å²) in [5, 5.41) is 5.51. The lowest BCUT2D eigenvalue weighted by Gasteiger charge is -2.16. The molecule has 1 amide bonds. The number of carbonyl (C=O) groups excluding carboxylic acids is 2. The molecule has 2 heterocycles. The summed E-state index contributed by atoms with van der Waals surface area (Å²) in [4.78, 5) is 48.4. The molecule has 0 fully saturated rings. The van der Waals surface area contributed by atoms with Crippen molar-refractivity contribution in [3.63, 3.8) is 0 Å². The number of aromatic nitrogens is 4. The molecule has 0 aliphatic rings. The van der Waals surface area contributed by atoms with Gasteiger partial charge in [0.1, 0.15) is 5.82 Å². The molecule has 0 aliphatic carbocycles. The molecule has 0 bridgehead atoms. The van der Waals surface area contributed by atoms with E-state index in [-0.39, 0.29) is 23.4 Å². The number of amides is 1. The lowest BCUT2D eigenvalue weighted by atomic mass is 10.0. The van der Waals surface area contributed by atoms with Crippen molar-refractivity contribution in [2.45, 2.75) is 19.4 Å². The van der Waals surface area contributed by atoms with Crippen molar-refractivity contribution >= 4 is 28.7 Å². The lowest BCUT2D eigenvalue weighted by Crippen LogP contribution is -2.32. The summed E-state index contributed by atoms with van der Waals surface area (Å²) in [6, 6.07) is 34.7. The van der Waals surface area contributed by atoms with Gasteiger partial charge in [0.25, 0.3) is 11.5 Å². The maximum atomic E-state index is 13.2. The van der Waals surface area contributed by atoms with Gasteiger partial charge in [0.05, 0.1) is 33.7 Å². The largest absolute Gasteiger partial charge is 0.449 e. The van der Waals surface area contributed by atoms with Gasteiger partial charge >= 0.3 is 5.97 Å². The lowest BCUT2D eigenvalue weighted by molar-refractivity contribution is -0.124. The van der Waals surface area contributed by atoms with Crippen LogP contribution in [0, 0.1) is 0 Å². The van der Waals surface area contributed by atoms with Gasteiger partial charge in [0.2, 0.25) is 0 Å². The first kappa shape index (κ1) is 27.3. The van der Waals surface area contributed by atoms with Crippen LogP contribution in [0.3, 0.4) is 0 Å². The summed E-state index contributed by atoms with van der Waals surface area (Å²) >= 11 is 0. The predicted octanol–water partition coefficient (Wildman–Crippen LogP) is 6.02. The summed E-state index contributed by atoms with van der Waals surface area (Å²) < 4.78 is 6.91. The molecule has 1 unspecified atom stereocenters. The normalized spacial score (nSPS) is 11.7. The molecule has 2 N–H and O–H groups in total. The first-order valence-corrected chi connectivity index (χ1v) is 13.8. The smallest absolute Gasteiger partial charge is 0.338 e. The molecular formula is C34H27N5O4. The summed E-state index contributed by atoms with van der Waals surface area (Å²) in [7, 11) is 0. The SMILES string of the molecule is CCC(OC(=O)c1ccc2nc(-c3ccccc3)c(-c3ccccc3)nc2c1)C(=O)Nc1cc(=O)n(-c2ccccc2)[nH]1. The fourth-order valence-corrected chi connectivity index (χ4v) is 4.74. The Labute approximate surface area is 246 Å². The van der Waals surface area contributed by atoms with E-state index < -0.39 is 18.0 Å². The fourth-order valence-electron chi connectivity index (χ4n) is 4.74. The molecule has 0 saturated heterocycles. The standard InChI is InChI=1S/C34H27N5O4/c1-2-28(33(41)37-29-21-30(40)39(38-29)25-16-10-5-11-17-25)43-34(42)24-18-19-26-27(20-24)36-32(23-14-8-4-9-15-23)31(35-26)22-12-6-3-7-13-22/h3-21,28,38H,2H2,1H3,(H,37,41). The average Bonchev–Trinajstić information content (AvgIpc) is 3.43. The molecule has 9 heteroatoms. The maximum absolute atomic E-state index is 13.2. The molecular weight excluding hydrogens is 542 g/mol. The number of aromatic amines is 1. The van der Waals surface area contributed by atoms with Crippen LogP contribution in [0.25, 0.3) is 39.2 Å². The number of hydrogen-bond donors (Lipinski definition) is 2. The van der Waals surface area contributed by atoms with Crippen LogP contribution in [-0.2, 0) is 9.53 Å². The van der Waals surface area contributed by atoms with Gasteiger partial charge < -0.3 is 10.1 Å².